The molecule has 1 aliphatic rings. The van der Waals surface area contributed by atoms with Gasteiger partial charge < -0.3 is 15.2 Å². The molecular weight excluding hydrogens is 166 g/mol. The Labute approximate surface area is 73.5 Å². The van der Waals surface area contributed by atoms with Crippen LogP contribution in [-0.4, -0.2) is 36.5 Å². The monoisotopic (exact) mass is 181 g/mol. The lowest BCUT2D eigenvalue weighted by molar-refractivity contribution is -0.0388. The molecule has 0 unspecified atom stereocenters. The maximum absolute atomic E-state index is 9.25. The summed E-state index contributed by atoms with van der Waals surface area (Å²) in [6.45, 7) is 5.40. The third-order valence-electron chi connectivity index (χ3n) is 1.58. The van der Waals surface area contributed by atoms with Crippen LogP contribution in [-0.2, 0) is 4.74 Å². The highest BCUT2D eigenvalue weighted by Gasteiger charge is 2.25. The van der Waals surface area contributed by atoms with Crippen molar-refractivity contribution in [1.29, 1.82) is 0 Å². The van der Waals surface area contributed by atoms with E-state index < -0.39 is 0 Å². The number of nitrogens with one attached hydrogen (secondary N) is 1. The summed E-state index contributed by atoms with van der Waals surface area (Å²) < 4.78 is 5.41. The van der Waals surface area contributed by atoms with Crippen LogP contribution < -0.4 is 5.32 Å². The minimum absolute atomic E-state index is 0. The average Bonchev–Trinajstić information content (AvgIpc) is 2.15. The second-order valence-electron chi connectivity index (χ2n) is 2.95. The quantitative estimate of drug-likeness (QED) is 0.638. The molecule has 2 N–H and O–H groups in total. The number of aliphatic hydroxyl groups is 1. The Hall–Kier alpha value is 0.170. The standard InChI is InChI=1S/C7H15NO2.ClH/c1-5(2)10-7-4-8-3-6(7)9;/h5-9H,3-4H2,1-2H3;1H/t6-,7-;/m1./s1. The first kappa shape index (κ1) is 11.2. The Balaban J connectivity index is 0.000001000. The SMILES string of the molecule is CC(C)O[C@@H]1CNC[C@H]1O.Cl. The minimum Gasteiger partial charge on any atom is -0.389 e. The smallest absolute Gasteiger partial charge is 0.0973 e. The topological polar surface area (TPSA) is 41.5 Å². The summed E-state index contributed by atoms with van der Waals surface area (Å²) in [6.07, 6.45) is -0.109. The molecule has 2 atom stereocenters. The van der Waals surface area contributed by atoms with Crippen molar-refractivity contribution in [2.24, 2.45) is 0 Å². The fraction of sp³-hybridized carbons (Fsp3) is 1.00. The Kier molecular flexibility index (Phi) is 5.01. The Morgan fingerprint density at radius 2 is 2.09 bits per heavy atom. The Bertz CT molecular complexity index is 111. The van der Waals surface area contributed by atoms with Crippen LogP contribution in [0.4, 0.5) is 0 Å². The van der Waals surface area contributed by atoms with Crippen LogP contribution in [0, 0.1) is 0 Å². The third-order valence-corrected chi connectivity index (χ3v) is 1.58. The molecule has 3 nitrogen and oxygen atoms in total. The second-order valence-corrected chi connectivity index (χ2v) is 2.95. The van der Waals surface area contributed by atoms with E-state index in [0.29, 0.717) is 6.54 Å². The van der Waals surface area contributed by atoms with Crippen molar-refractivity contribution >= 4 is 12.4 Å². The van der Waals surface area contributed by atoms with Crippen molar-refractivity contribution in [2.45, 2.75) is 32.2 Å². The molecule has 1 rings (SSSR count). The number of halogens is 1. The number of ether oxygens (including phenoxy) is 1. The molecule has 0 radical (unpaired) electrons. The molecule has 0 aromatic rings. The predicted octanol–water partition coefficient (Wildman–Crippen LogP) is 0.166. The van der Waals surface area contributed by atoms with Crippen LogP contribution in [0.2, 0.25) is 0 Å². The molecule has 68 valence electrons. The van der Waals surface area contributed by atoms with Gasteiger partial charge in [0, 0.05) is 13.1 Å². The van der Waals surface area contributed by atoms with Gasteiger partial charge in [-0.1, -0.05) is 0 Å². The van der Waals surface area contributed by atoms with Gasteiger partial charge >= 0.3 is 0 Å². The summed E-state index contributed by atoms with van der Waals surface area (Å²) in [5, 5.41) is 12.3. The second kappa shape index (κ2) is 4.93. The van der Waals surface area contributed by atoms with E-state index in [1.807, 2.05) is 13.8 Å². The van der Waals surface area contributed by atoms with E-state index in [9.17, 15) is 5.11 Å². The average molecular weight is 182 g/mol. The summed E-state index contributed by atoms with van der Waals surface area (Å²) in [5.41, 5.74) is 0. The van der Waals surface area contributed by atoms with E-state index in [2.05, 4.69) is 5.32 Å². The number of aliphatic hydroxyl groups excluding tert-OH is 1. The molecule has 1 fully saturated rings. The maximum Gasteiger partial charge on any atom is 0.0973 e. The molecule has 1 saturated heterocycles. The van der Waals surface area contributed by atoms with Gasteiger partial charge in [0.15, 0.2) is 0 Å². The largest absolute Gasteiger partial charge is 0.389 e. The molecule has 0 amide bonds. The van der Waals surface area contributed by atoms with Crippen molar-refractivity contribution in [2.75, 3.05) is 13.1 Å². The Morgan fingerprint density at radius 3 is 2.45 bits per heavy atom. The van der Waals surface area contributed by atoms with Gasteiger partial charge in [0.05, 0.1) is 18.3 Å². The molecule has 4 heteroatoms. The van der Waals surface area contributed by atoms with Gasteiger partial charge in [0.2, 0.25) is 0 Å². The molecule has 1 aliphatic heterocycles. The van der Waals surface area contributed by atoms with Crippen LogP contribution in [0.25, 0.3) is 0 Å². The molecule has 11 heavy (non-hydrogen) atoms. The van der Waals surface area contributed by atoms with E-state index in [1.54, 1.807) is 0 Å². The fourth-order valence-electron chi connectivity index (χ4n) is 1.13. The van der Waals surface area contributed by atoms with Crippen LogP contribution in [0.5, 0.6) is 0 Å². The lowest BCUT2D eigenvalue weighted by Crippen LogP contribution is -2.29. The number of hydrogen-bond acceptors (Lipinski definition) is 3. The normalized spacial score (nSPS) is 30.5. The first-order chi connectivity index (χ1) is 4.70. The van der Waals surface area contributed by atoms with Gasteiger partial charge in [-0.05, 0) is 13.8 Å². The highest BCUT2D eigenvalue weighted by atomic mass is 35.5. The van der Waals surface area contributed by atoms with Crippen LogP contribution in [0.3, 0.4) is 0 Å². The Morgan fingerprint density at radius 1 is 1.45 bits per heavy atom. The summed E-state index contributed by atoms with van der Waals surface area (Å²) in [7, 11) is 0. The van der Waals surface area contributed by atoms with E-state index in [1.165, 1.54) is 0 Å². The molecule has 0 aromatic heterocycles. The van der Waals surface area contributed by atoms with Crippen molar-refractivity contribution in [3.05, 3.63) is 0 Å². The van der Waals surface area contributed by atoms with Gasteiger partial charge in [0.25, 0.3) is 0 Å². The van der Waals surface area contributed by atoms with Crippen molar-refractivity contribution in [3.63, 3.8) is 0 Å². The van der Waals surface area contributed by atoms with Crippen LogP contribution >= 0.6 is 12.4 Å². The van der Waals surface area contributed by atoms with Gasteiger partial charge in [-0.15, -0.1) is 12.4 Å². The zero-order valence-electron chi connectivity index (χ0n) is 6.91. The van der Waals surface area contributed by atoms with E-state index in [0.717, 1.165) is 6.54 Å². The molecular formula is C7H16ClNO2. The van der Waals surface area contributed by atoms with E-state index in [-0.39, 0.29) is 30.7 Å². The molecule has 1 heterocycles. The summed E-state index contributed by atoms with van der Waals surface area (Å²) in [6, 6.07) is 0. The maximum atomic E-state index is 9.25. The zero-order chi connectivity index (χ0) is 7.56. The zero-order valence-corrected chi connectivity index (χ0v) is 7.73. The van der Waals surface area contributed by atoms with Gasteiger partial charge in [-0.3, -0.25) is 0 Å². The van der Waals surface area contributed by atoms with Gasteiger partial charge in [0.1, 0.15) is 0 Å². The number of hydrogen-bond donors (Lipinski definition) is 2. The van der Waals surface area contributed by atoms with E-state index in [4.69, 9.17) is 4.74 Å². The fourth-order valence-corrected chi connectivity index (χ4v) is 1.13. The lowest BCUT2D eigenvalue weighted by atomic mass is 10.2. The van der Waals surface area contributed by atoms with E-state index >= 15 is 0 Å². The van der Waals surface area contributed by atoms with Gasteiger partial charge in [-0.2, -0.15) is 0 Å². The molecule has 0 bridgehead atoms. The summed E-state index contributed by atoms with van der Waals surface area (Å²) in [5.74, 6) is 0. The van der Waals surface area contributed by atoms with Crippen molar-refractivity contribution in [1.82, 2.24) is 5.32 Å². The minimum atomic E-state index is -0.317. The first-order valence-electron chi connectivity index (χ1n) is 3.74. The summed E-state index contributed by atoms with van der Waals surface area (Å²) in [4.78, 5) is 0. The number of rotatable bonds is 2. The molecule has 0 aromatic carbocycles. The molecule has 0 spiro atoms. The molecule has 0 saturated carbocycles. The summed E-state index contributed by atoms with van der Waals surface area (Å²) >= 11 is 0. The highest BCUT2D eigenvalue weighted by molar-refractivity contribution is 5.85. The molecule has 0 aliphatic carbocycles. The predicted molar refractivity (Wildman–Crippen MR) is 46.1 cm³/mol. The first-order valence-corrected chi connectivity index (χ1v) is 3.74. The van der Waals surface area contributed by atoms with Gasteiger partial charge in [-0.25, -0.2) is 0 Å². The van der Waals surface area contributed by atoms with Crippen molar-refractivity contribution < 1.29 is 9.84 Å². The highest BCUT2D eigenvalue weighted by Crippen LogP contribution is 2.06. The number of β-amino-alcohol motifs (C(OH)–C–C–N with tert-alkyl or cyclic N) is 1. The van der Waals surface area contributed by atoms with Crippen LogP contribution in [0.1, 0.15) is 13.8 Å². The lowest BCUT2D eigenvalue weighted by Gasteiger charge is -2.16. The third kappa shape index (κ3) is 3.38. The van der Waals surface area contributed by atoms with Crippen LogP contribution in [0.15, 0.2) is 0 Å². The van der Waals surface area contributed by atoms with Crippen molar-refractivity contribution in [3.8, 4) is 0 Å².